The minimum Gasteiger partial charge on any atom is -0.232 e. The van der Waals surface area contributed by atoms with E-state index in [0.717, 1.165) is 10.7 Å². The molecule has 0 saturated heterocycles. The number of halogens is 5. The fourth-order valence-corrected chi connectivity index (χ4v) is 2.10. The van der Waals surface area contributed by atoms with E-state index in [0.29, 0.717) is 5.56 Å². The first-order valence-corrected chi connectivity index (χ1v) is 6.41. The fraction of sp³-hybridized carbons (Fsp3) is 0.182. The van der Waals surface area contributed by atoms with E-state index in [-0.39, 0.29) is 21.7 Å². The second kappa shape index (κ2) is 5.32. The lowest BCUT2D eigenvalue weighted by Crippen LogP contribution is -2.04. The molecule has 0 aliphatic rings. The van der Waals surface area contributed by atoms with E-state index in [1.54, 1.807) is 0 Å². The van der Waals surface area contributed by atoms with Gasteiger partial charge in [-0.05, 0) is 12.1 Å². The number of nitrogens with zero attached hydrogens (tertiary/aromatic N) is 2. The summed E-state index contributed by atoms with van der Waals surface area (Å²) in [5, 5.41) is 4.03. The topological polar surface area (TPSA) is 17.8 Å². The van der Waals surface area contributed by atoms with Crippen LogP contribution in [0.4, 0.5) is 13.2 Å². The van der Waals surface area contributed by atoms with Gasteiger partial charge in [-0.1, -0.05) is 27.5 Å². The van der Waals surface area contributed by atoms with E-state index in [9.17, 15) is 13.2 Å². The van der Waals surface area contributed by atoms with Crippen molar-refractivity contribution in [2.24, 2.45) is 0 Å². The quantitative estimate of drug-likeness (QED) is 0.753. The van der Waals surface area contributed by atoms with E-state index in [1.165, 1.54) is 18.3 Å². The molecule has 0 spiro atoms. The van der Waals surface area contributed by atoms with Gasteiger partial charge in [0.1, 0.15) is 11.5 Å². The summed E-state index contributed by atoms with van der Waals surface area (Å²) in [6.45, 7) is 0. The normalized spacial score (nSPS) is 11.2. The minimum atomic E-state index is -2.70. The number of alkyl halides is 3. The second-order valence-electron chi connectivity index (χ2n) is 3.50. The predicted molar refractivity (Wildman–Crippen MR) is 66.1 cm³/mol. The molecule has 0 N–H and O–H groups in total. The van der Waals surface area contributed by atoms with Gasteiger partial charge in [-0.25, -0.2) is 17.9 Å². The lowest BCUT2D eigenvalue weighted by atomic mass is 10.2. The Morgan fingerprint density at radius 2 is 2.11 bits per heavy atom. The average Bonchev–Trinajstić information content (AvgIpc) is 2.76. The molecule has 0 atom stereocenters. The van der Waals surface area contributed by atoms with Crippen LogP contribution in [0.3, 0.4) is 0 Å². The molecule has 0 amide bonds. The zero-order chi connectivity index (χ0) is 13.3. The fourth-order valence-electron chi connectivity index (χ4n) is 1.55. The maximum Gasteiger partial charge on any atom is 0.280 e. The number of benzene rings is 1. The monoisotopic (exact) mass is 338 g/mol. The highest BCUT2D eigenvalue weighted by Gasteiger charge is 2.20. The zero-order valence-electron chi connectivity index (χ0n) is 8.88. The van der Waals surface area contributed by atoms with Crippen LogP contribution in [0, 0.1) is 5.82 Å². The van der Waals surface area contributed by atoms with Crippen molar-refractivity contribution in [2.75, 3.05) is 0 Å². The Kier molecular flexibility index (Phi) is 3.97. The summed E-state index contributed by atoms with van der Waals surface area (Å²) < 4.78 is 40.3. The molecule has 0 aliphatic heterocycles. The van der Waals surface area contributed by atoms with Crippen molar-refractivity contribution < 1.29 is 13.2 Å². The third-order valence-electron chi connectivity index (χ3n) is 2.38. The lowest BCUT2D eigenvalue weighted by molar-refractivity contribution is 0.142. The Morgan fingerprint density at radius 3 is 2.67 bits per heavy atom. The Morgan fingerprint density at radius 1 is 1.39 bits per heavy atom. The summed E-state index contributed by atoms with van der Waals surface area (Å²) >= 11 is 8.65. The van der Waals surface area contributed by atoms with Crippen LogP contribution in [0.2, 0.25) is 5.02 Å². The van der Waals surface area contributed by atoms with Gasteiger partial charge in [0, 0.05) is 17.0 Å². The van der Waals surface area contributed by atoms with Crippen LogP contribution in [0.1, 0.15) is 17.7 Å². The van der Waals surface area contributed by atoms with Crippen molar-refractivity contribution in [1.82, 2.24) is 9.78 Å². The van der Waals surface area contributed by atoms with Crippen LogP contribution in [-0.4, -0.2) is 9.78 Å². The summed E-state index contributed by atoms with van der Waals surface area (Å²) in [5.74, 6) is -0.676. The molecule has 1 aromatic heterocycles. The first-order valence-electron chi connectivity index (χ1n) is 4.91. The van der Waals surface area contributed by atoms with E-state index in [1.807, 2.05) is 0 Å². The van der Waals surface area contributed by atoms with E-state index in [4.69, 9.17) is 11.6 Å². The van der Waals surface area contributed by atoms with Crippen molar-refractivity contribution in [3.05, 3.63) is 46.5 Å². The minimum absolute atomic E-state index is 0.0646. The van der Waals surface area contributed by atoms with Gasteiger partial charge in [0.2, 0.25) is 0 Å². The largest absolute Gasteiger partial charge is 0.280 e. The summed E-state index contributed by atoms with van der Waals surface area (Å²) in [7, 11) is 0. The molecule has 7 heteroatoms. The Bertz CT molecular complexity index is 571. The van der Waals surface area contributed by atoms with Crippen LogP contribution >= 0.6 is 27.5 Å². The van der Waals surface area contributed by atoms with Crippen LogP contribution in [-0.2, 0) is 5.33 Å². The first kappa shape index (κ1) is 13.4. The maximum atomic E-state index is 13.3. The summed E-state index contributed by atoms with van der Waals surface area (Å²) in [6.07, 6.45) is -1.37. The van der Waals surface area contributed by atoms with Gasteiger partial charge in [-0.15, -0.1) is 0 Å². The molecule has 0 fully saturated rings. The van der Waals surface area contributed by atoms with Gasteiger partial charge in [-0.2, -0.15) is 5.10 Å². The second-order valence-corrected chi connectivity index (χ2v) is 4.47. The van der Waals surface area contributed by atoms with Crippen molar-refractivity contribution in [3.8, 4) is 5.69 Å². The molecule has 2 nitrogen and oxygen atoms in total. The summed E-state index contributed by atoms with van der Waals surface area (Å²) in [5.41, 5.74) is 0.313. The number of hydrogen-bond acceptors (Lipinski definition) is 1. The van der Waals surface area contributed by atoms with Crippen molar-refractivity contribution >= 4 is 27.5 Å². The Balaban J connectivity index is 2.56. The SMILES string of the molecule is Fc1cc(-n2ncc(CBr)c2C(F)F)ccc1Cl. The van der Waals surface area contributed by atoms with Gasteiger partial charge in [0.15, 0.2) is 0 Å². The highest BCUT2D eigenvalue weighted by atomic mass is 79.9. The van der Waals surface area contributed by atoms with Crippen molar-refractivity contribution in [1.29, 1.82) is 0 Å². The predicted octanol–water partition coefficient (Wildman–Crippen LogP) is 4.50. The molecule has 0 aliphatic carbocycles. The van der Waals surface area contributed by atoms with Gasteiger partial charge in [0.25, 0.3) is 6.43 Å². The molecule has 96 valence electrons. The molecule has 1 aromatic carbocycles. The molecular formula is C11H7BrClF3N2. The summed E-state index contributed by atoms with van der Waals surface area (Å²) in [4.78, 5) is 0. The highest BCUT2D eigenvalue weighted by Crippen LogP contribution is 2.28. The van der Waals surface area contributed by atoms with Crippen LogP contribution in [0.5, 0.6) is 0 Å². The highest BCUT2D eigenvalue weighted by molar-refractivity contribution is 9.08. The Hall–Kier alpha value is -1.01. The molecule has 18 heavy (non-hydrogen) atoms. The molecule has 0 saturated carbocycles. The molecule has 1 heterocycles. The number of hydrogen-bond donors (Lipinski definition) is 0. The van der Waals surface area contributed by atoms with E-state index >= 15 is 0 Å². The van der Waals surface area contributed by atoms with Gasteiger partial charge < -0.3 is 0 Å². The van der Waals surface area contributed by atoms with E-state index in [2.05, 4.69) is 21.0 Å². The third kappa shape index (κ3) is 2.40. The van der Waals surface area contributed by atoms with Crippen molar-refractivity contribution in [3.63, 3.8) is 0 Å². The zero-order valence-corrected chi connectivity index (χ0v) is 11.2. The molecular weight excluding hydrogens is 332 g/mol. The number of rotatable bonds is 3. The van der Waals surface area contributed by atoms with Gasteiger partial charge in [0.05, 0.1) is 16.9 Å². The molecule has 0 bridgehead atoms. The third-order valence-corrected chi connectivity index (χ3v) is 3.30. The van der Waals surface area contributed by atoms with Gasteiger partial charge in [-0.3, -0.25) is 0 Å². The van der Waals surface area contributed by atoms with Crippen LogP contribution in [0.15, 0.2) is 24.4 Å². The van der Waals surface area contributed by atoms with Crippen molar-refractivity contribution in [2.45, 2.75) is 11.8 Å². The first-order chi connectivity index (χ1) is 8.54. The summed E-state index contributed by atoms with van der Waals surface area (Å²) in [6, 6.07) is 3.80. The lowest BCUT2D eigenvalue weighted by Gasteiger charge is -2.08. The smallest absolute Gasteiger partial charge is 0.232 e. The van der Waals surface area contributed by atoms with E-state index < -0.39 is 12.2 Å². The molecule has 0 unspecified atom stereocenters. The average molecular weight is 340 g/mol. The Labute approximate surface area is 114 Å². The molecule has 0 radical (unpaired) electrons. The van der Waals surface area contributed by atoms with Gasteiger partial charge >= 0.3 is 0 Å². The standard InChI is InChI=1S/C11H7BrClF3N2/c12-4-6-5-17-18(10(6)11(15)16)7-1-2-8(13)9(14)3-7/h1-3,5,11H,4H2. The molecule has 2 rings (SSSR count). The molecule has 2 aromatic rings. The maximum absolute atomic E-state index is 13.3. The van der Waals surface area contributed by atoms with Crippen LogP contribution in [0.25, 0.3) is 5.69 Å². The van der Waals surface area contributed by atoms with Crippen LogP contribution < -0.4 is 0 Å². The number of aromatic nitrogens is 2.